The van der Waals surface area contributed by atoms with Crippen LogP contribution in [0.3, 0.4) is 0 Å². The Morgan fingerprint density at radius 1 is 1.19 bits per heavy atom. The smallest absolute Gasteiger partial charge is 0.328 e. The first-order valence-electron chi connectivity index (χ1n) is 12.3. The van der Waals surface area contributed by atoms with Crippen LogP contribution in [-0.4, -0.2) is 27.5 Å². The molecular weight excluding hydrogens is 491 g/mol. The van der Waals surface area contributed by atoms with Crippen LogP contribution in [0, 0.1) is 11.6 Å². The Kier molecular flexibility index (Phi) is 7.96. The van der Waals surface area contributed by atoms with Gasteiger partial charge in [0.2, 0.25) is 5.91 Å². The molecule has 5 nitrogen and oxygen atoms in total. The minimum absolute atomic E-state index is 0.132. The normalized spacial score (nSPS) is 17.2. The molecule has 10 heteroatoms. The Labute approximate surface area is 212 Å². The predicted octanol–water partition coefficient (Wildman–Crippen LogP) is 6.04. The van der Waals surface area contributed by atoms with Gasteiger partial charge in [-0.05, 0) is 67.5 Å². The van der Waals surface area contributed by atoms with E-state index in [1.165, 1.54) is 24.5 Å². The number of aryl methyl sites for hydroxylation is 1. The molecule has 1 aromatic heterocycles. The highest BCUT2D eigenvalue weighted by Crippen LogP contribution is 2.31. The second-order valence-electron chi connectivity index (χ2n) is 9.46. The number of imidazole rings is 1. The molecule has 1 amide bonds. The van der Waals surface area contributed by atoms with Crippen molar-refractivity contribution in [2.75, 3.05) is 5.32 Å². The summed E-state index contributed by atoms with van der Waals surface area (Å²) in [5.41, 5.74) is 1.10. The van der Waals surface area contributed by atoms with Crippen molar-refractivity contribution in [2.45, 2.75) is 70.3 Å². The van der Waals surface area contributed by atoms with Crippen LogP contribution in [0.2, 0.25) is 0 Å². The number of carbonyl (C=O) groups is 1. The molecule has 0 spiro atoms. The van der Waals surface area contributed by atoms with Gasteiger partial charge in [-0.3, -0.25) is 4.79 Å². The van der Waals surface area contributed by atoms with Crippen molar-refractivity contribution in [3.05, 3.63) is 82.8 Å². The first-order valence-corrected chi connectivity index (χ1v) is 12.3. The number of benzene rings is 2. The van der Waals surface area contributed by atoms with E-state index >= 15 is 0 Å². The van der Waals surface area contributed by atoms with E-state index in [0.717, 1.165) is 24.6 Å². The maximum absolute atomic E-state index is 14.3. The van der Waals surface area contributed by atoms with Crippen molar-refractivity contribution in [1.82, 2.24) is 14.9 Å². The molecule has 2 aromatic carbocycles. The van der Waals surface area contributed by atoms with Gasteiger partial charge in [0.1, 0.15) is 11.6 Å². The van der Waals surface area contributed by atoms with Crippen LogP contribution in [0.25, 0.3) is 0 Å². The van der Waals surface area contributed by atoms with E-state index in [-0.39, 0.29) is 18.0 Å². The average molecular weight is 521 g/mol. The lowest BCUT2D eigenvalue weighted by Crippen LogP contribution is -2.48. The van der Waals surface area contributed by atoms with Crippen molar-refractivity contribution in [1.29, 1.82) is 0 Å². The highest BCUT2D eigenvalue weighted by atomic mass is 19.4. The number of halogens is 5. The Bertz CT molecular complexity index is 1240. The van der Waals surface area contributed by atoms with Crippen LogP contribution >= 0.6 is 0 Å². The topological polar surface area (TPSA) is 59.0 Å². The van der Waals surface area contributed by atoms with Crippen LogP contribution < -0.4 is 10.6 Å². The molecule has 3 aromatic rings. The summed E-state index contributed by atoms with van der Waals surface area (Å²) in [5.74, 6) is -1.11. The van der Waals surface area contributed by atoms with E-state index in [9.17, 15) is 26.7 Å². The Balaban J connectivity index is 1.40. The Morgan fingerprint density at radius 3 is 2.59 bits per heavy atom. The van der Waals surface area contributed by atoms with Crippen LogP contribution in [-0.2, 0) is 23.8 Å². The molecule has 198 valence electrons. The summed E-state index contributed by atoms with van der Waals surface area (Å²) in [7, 11) is 0. The van der Waals surface area contributed by atoms with E-state index in [2.05, 4.69) is 15.6 Å². The van der Waals surface area contributed by atoms with E-state index in [1.807, 2.05) is 13.8 Å². The molecule has 0 saturated carbocycles. The van der Waals surface area contributed by atoms with Gasteiger partial charge in [-0.15, -0.1) is 0 Å². The summed E-state index contributed by atoms with van der Waals surface area (Å²) in [4.78, 5) is 17.3. The third-order valence-corrected chi connectivity index (χ3v) is 6.82. The molecule has 4 rings (SSSR count). The number of anilines is 1. The number of amides is 1. The van der Waals surface area contributed by atoms with Crippen LogP contribution in [0.4, 0.5) is 27.8 Å². The number of alkyl halides is 3. The molecule has 1 aliphatic carbocycles. The zero-order chi connectivity index (χ0) is 26.7. The molecular formula is C27H29F5N4O. The fourth-order valence-corrected chi connectivity index (χ4v) is 4.74. The van der Waals surface area contributed by atoms with E-state index in [4.69, 9.17) is 0 Å². The molecule has 0 aliphatic heterocycles. The van der Waals surface area contributed by atoms with Crippen LogP contribution in [0.5, 0.6) is 0 Å². The molecule has 37 heavy (non-hydrogen) atoms. The standard InChI is InChI=1S/C27H29F5N4O/c1-3-4-24(34-21-10-7-18-11-20(28)12-23(29)22(18)13-21)26(37)35-25-14-36(15-33-25)16(2)17-5-8-19(9-6-17)27(30,31)32/h5-6,8-9,11-12,14-16,21,24,34H,3-4,7,10,13H2,1-2H3,(H,35,37)/t16-,21?,24?/m0/s1. The summed E-state index contributed by atoms with van der Waals surface area (Å²) in [6.45, 7) is 3.78. The van der Waals surface area contributed by atoms with Gasteiger partial charge < -0.3 is 15.2 Å². The van der Waals surface area contributed by atoms with Gasteiger partial charge in [-0.25, -0.2) is 13.8 Å². The molecule has 0 radical (unpaired) electrons. The van der Waals surface area contributed by atoms with Crippen molar-refractivity contribution >= 4 is 11.7 Å². The monoisotopic (exact) mass is 520 g/mol. The summed E-state index contributed by atoms with van der Waals surface area (Å²) >= 11 is 0. The first-order chi connectivity index (χ1) is 17.5. The van der Waals surface area contributed by atoms with Crippen molar-refractivity contribution in [3.63, 3.8) is 0 Å². The number of aromatic nitrogens is 2. The molecule has 3 atom stereocenters. The maximum Gasteiger partial charge on any atom is 0.416 e. The zero-order valence-corrected chi connectivity index (χ0v) is 20.6. The van der Waals surface area contributed by atoms with Gasteiger partial charge in [-0.2, -0.15) is 13.2 Å². The summed E-state index contributed by atoms with van der Waals surface area (Å²) < 4.78 is 68.1. The third kappa shape index (κ3) is 6.36. The lowest BCUT2D eigenvalue weighted by Gasteiger charge is -2.29. The highest BCUT2D eigenvalue weighted by Gasteiger charge is 2.30. The molecule has 1 aliphatic rings. The fourth-order valence-electron chi connectivity index (χ4n) is 4.74. The SMILES string of the molecule is CCCC(NC1CCc2cc(F)cc(F)c2C1)C(=O)Nc1cn([C@@H](C)c2ccc(C(F)(F)F)cc2)cn1. The fraction of sp³-hybridized carbons (Fsp3) is 0.407. The summed E-state index contributed by atoms with van der Waals surface area (Å²) in [5, 5.41) is 6.14. The quantitative estimate of drug-likeness (QED) is 0.356. The number of carbonyl (C=O) groups excluding carboxylic acids is 1. The lowest BCUT2D eigenvalue weighted by atomic mass is 9.87. The Hall–Kier alpha value is -3.27. The van der Waals surface area contributed by atoms with Gasteiger partial charge >= 0.3 is 6.18 Å². The highest BCUT2D eigenvalue weighted by molar-refractivity contribution is 5.94. The number of nitrogens with zero attached hydrogens (tertiary/aromatic N) is 2. The number of rotatable bonds is 8. The van der Waals surface area contributed by atoms with Gasteiger partial charge in [0.15, 0.2) is 5.82 Å². The minimum Gasteiger partial charge on any atom is -0.328 e. The third-order valence-electron chi connectivity index (χ3n) is 6.82. The molecule has 2 N–H and O–H groups in total. The molecule has 0 saturated heterocycles. The predicted molar refractivity (Wildman–Crippen MR) is 130 cm³/mol. The molecule has 2 unspecified atom stereocenters. The number of hydrogen-bond acceptors (Lipinski definition) is 3. The van der Waals surface area contributed by atoms with Crippen molar-refractivity contribution in [3.8, 4) is 0 Å². The minimum atomic E-state index is -4.40. The maximum atomic E-state index is 14.3. The van der Waals surface area contributed by atoms with Gasteiger partial charge in [0.05, 0.1) is 24.0 Å². The first kappa shape index (κ1) is 26.8. The average Bonchev–Trinajstić information content (AvgIpc) is 3.31. The van der Waals surface area contributed by atoms with Crippen molar-refractivity contribution in [2.24, 2.45) is 0 Å². The lowest BCUT2D eigenvalue weighted by molar-refractivity contribution is -0.137. The zero-order valence-electron chi connectivity index (χ0n) is 20.6. The molecule has 0 bridgehead atoms. The van der Waals surface area contributed by atoms with Gasteiger partial charge in [0.25, 0.3) is 0 Å². The second-order valence-corrected chi connectivity index (χ2v) is 9.46. The summed E-state index contributed by atoms with van der Waals surface area (Å²) in [6, 6.07) is 6.22. The van der Waals surface area contributed by atoms with Crippen LogP contribution in [0.1, 0.15) is 61.4 Å². The molecule has 1 heterocycles. The number of hydrogen-bond donors (Lipinski definition) is 2. The van der Waals surface area contributed by atoms with E-state index in [0.29, 0.717) is 48.2 Å². The van der Waals surface area contributed by atoms with Gasteiger partial charge in [0, 0.05) is 18.3 Å². The second kappa shape index (κ2) is 11.0. The van der Waals surface area contributed by atoms with Crippen LogP contribution in [0.15, 0.2) is 48.9 Å². The largest absolute Gasteiger partial charge is 0.416 e. The number of fused-ring (bicyclic) bond motifs is 1. The summed E-state index contributed by atoms with van der Waals surface area (Å²) in [6.07, 6.45) is 1.59. The Morgan fingerprint density at radius 2 is 1.92 bits per heavy atom. The molecule has 0 fully saturated rings. The van der Waals surface area contributed by atoms with E-state index in [1.54, 1.807) is 10.8 Å². The van der Waals surface area contributed by atoms with E-state index < -0.39 is 29.4 Å². The van der Waals surface area contributed by atoms with Gasteiger partial charge in [-0.1, -0.05) is 25.5 Å². The number of nitrogens with one attached hydrogen (secondary N) is 2. The van der Waals surface area contributed by atoms with Crippen molar-refractivity contribution < 1.29 is 26.7 Å².